The zero-order valence-corrected chi connectivity index (χ0v) is 24.8. The summed E-state index contributed by atoms with van der Waals surface area (Å²) in [7, 11) is 5.01. The molecule has 1 aromatic heterocycles. The van der Waals surface area contributed by atoms with E-state index in [-0.39, 0.29) is 23.9 Å². The van der Waals surface area contributed by atoms with Crippen LogP contribution in [0.3, 0.4) is 0 Å². The Morgan fingerprint density at radius 2 is 1.72 bits per heavy atom. The second-order valence-corrected chi connectivity index (χ2v) is 10.5. The quantitative estimate of drug-likeness (QED) is 0.396. The van der Waals surface area contributed by atoms with Gasteiger partial charge < -0.3 is 29.3 Å². The Bertz CT molecular complexity index is 1550. The number of nitrogens with zero attached hydrogens (tertiary/aromatic N) is 3. The molecule has 43 heavy (non-hydrogen) atoms. The van der Waals surface area contributed by atoms with Gasteiger partial charge in [-0.05, 0) is 89.9 Å². The number of ether oxygens (including phenoxy) is 3. The van der Waals surface area contributed by atoms with Crippen LogP contribution < -0.4 is 19.5 Å². The first-order valence-electron chi connectivity index (χ1n) is 14.1. The Labute approximate surface area is 250 Å². The summed E-state index contributed by atoms with van der Waals surface area (Å²) in [5.74, 6) is 0.298. The first-order chi connectivity index (χ1) is 20.8. The number of benzene rings is 2. The third kappa shape index (κ3) is 6.70. The van der Waals surface area contributed by atoms with Crippen LogP contribution in [0.2, 0.25) is 0 Å². The summed E-state index contributed by atoms with van der Waals surface area (Å²) in [4.78, 5) is 33.9. The fourth-order valence-electron chi connectivity index (χ4n) is 5.29. The number of aromatic nitrogens is 1. The molecule has 2 amide bonds. The summed E-state index contributed by atoms with van der Waals surface area (Å²) >= 11 is 0. The van der Waals surface area contributed by atoms with Gasteiger partial charge in [0.2, 0.25) is 11.7 Å². The predicted octanol–water partition coefficient (Wildman–Crippen LogP) is 5.02. The van der Waals surface area contributed by atoms with Gasteiger partial charge in [-0.3, -0.25) is 9.78 Å². The summed E-state index contributed by atoms with van der Waals surface area (Å²) in [6, 6.07) is 13.6. The predicted molar refractivity (Wildman–Crippen MR) is 162 cm³/mol. The number of nitrogens with one attached hydrogen (secondary N) is 1. The van der Waals surface area contributed by atoms with Crippen molar-refractivity contribution in [1.29, 1.82) is 0 Å². The maximum absolute atomic E-state index is 14.4. The first kappa shape index (κ1) is 29.8. The zero-order chi connectivity index (χ0) is 30.5. The minimum atomic E-state index is -0.465. The number of carbonyl (C=O) groups excluding carboxylic acids is 2. The van der Waals surface area contributed by atoms with E-state index in [1.54, 1.807) is 29.3 Å². The van der Waals surface area contributed by atoms with Crippen LogP contribution in [0.4, 0.5) is 9.18 Å². The topological polar surface area (TPSA) is 93.2 Å². The highest BCUT2D eigenvalue weighted by Crippen LogP contribution is 2.45. The number of amides is 2. The molecule has 0 atom stereocenters. The van der Waals surface area contributed by atoms with E-state index in [4.69, 9.17) is 14.2 Å². The van der Waals surface area contributed by atoms with Gasteiger partial charge >= 0.3 is 6.09 Å². The lowest BCUT2D eigenvalue weighted by atomic mass is 10.00. The molecule has 1 saturated heterocycles. The number of fused-ring (bicyclic) bond motifs is 1. The molecule has 224 valence electrons. The Morgan fingerprint density at radius 3 is 2.37 bits per heavy atom. The van der Waals surface area contributed by atoms with Crippen molar-refractivity contribution in [2.24, 2.45) is 0 Å². The van der Waals surface area contributed by atoms with Gasteiger partial charge in [0.05, 0.1) is 32.9 Å². The van der Waals surface area contributed by atoms with Gasteiger partial charge in [0.25, 0.3) is 0 Å². The Balaban J connectivity index is 1.43. The molecule has 1 aliphatic carbocycles. The minimum absolute atomic E-state index is 0.0836. The molecule has 0 unspecified atom stereocenters. The standard InChI is InChI=1S/C33H35FN4O5/c1-21-26(25-9-8-23(34)18-28(25)27(21)19-31(39)36-20-24-7-5-6-10-35-24)15-22-16-29(41-3)32(30(17-22)42-4)43-33(40)38-13-11-37(2)12-14-38/h5-10,15-18H,11-14,19-20H2,1-4H3,(H,36,39)/b26-15-. The van der Waals surface area contributed by atoms with E-state index < -0.39 is 6.09 Å². The van der Waals surface area contributed by atoms with Gasteiger partial charge in [-0.2, -0.15) is 0 Å². The largest absolute Gasteiger partial charge is 0.493 e. The summed E-state index contributed by atoms with van der Waals surface area (Å²) in [5, 5.41) is 2.90. The Kier molecular flexibility index (Phi) is 9.06. The molecule has 2 aromatic carbocycles. The van der Waals surface area contributed by atoms with Crippen LogP contribution in [0.5, 0.6) is 17.2 Å². The molecule has 0 saturated carbocycles. The number of halogens is 1. The lowest BCUT2D eigenvalue weighted by molar-refractivity contribution is -0.120. The molecular formula is C33H35FN4O5. The van der Waals surface area contributed by atoms with Crippen molar-refractivity contribution in [1.82, 2.24) is 20.1 Å². The van der Waals surface area contributed by atoms with E-state index in [2.05, 4.69) is 15.2 Å². The van der Waals surface area contributed by atoms with Crippen molar-refractivity contribution in [3.05, 3.63) is 88.5 Å². The van der Waals surface area contributed by atoms with Crippen molar-refractivity contribution < 1.29 is 28.2 Å². The van der Waals surface area contributed by atoms with Crippen LogP contribution in [0, 0.1) is 5.82 Å². The molecule has 1 aliphatic heterocycles. The van der Waals surface area contributed by atoms with Crippen LogP contribution in [-0.4, -0.2) is 74.2 Å². The van der Waals surface area contributed by atoms with E-state index in [0.717, 1.165) is 46.6 Å². The minimum Gasteiger partial charge on any atom is -0.493 e. The highest BCUT2D eigenvalue weighted by Gasteiger charge is 2.27. The van der Waals surface area contributed by atoms with Crippen LogP contribution in [-0.2, 0) is 11.3 Å². The monoisotopic (exact) mass is 586 g/mol. The molecule has 3 aromatic rings. The van der Waals surface area contributed by atoms with Crippen molar-refractivity contribution in [2.45, 2.75) is 19.9 Å². The number of rotatable bonds is 8. The number of allylic oxidation sites excluding steroid dienone is 2. The normalized spacial score (nSPS) is 15.8. The van der Waals surface area contributed by atoms with E-state index in [1.807, 2.05) is 38.2 Å². The van der Waals surface area contributed by atoms with E-state index in [0.29, 0.717) is 36.7 Å². The van der Waals surface area contributed by atoms with E-state index in [1.165, 1.54) is 26.4 Å². The highest BCUT2D eigenvalue weighted by atomic mass is 19.1. The molecule has 1 fully saturated rings. The Hall–Kier alpha value is -4.70. The first-order valence-corrected chi connectivity index (χ1v) is 14.1. The third-order valence-electron chi connectivity index (χ3n) is 7.73. The lowest BCUT2D eigenvalue weighted by Crippen LogP contribution is -2.48. The average molecular weight is 587 g/mol. The number of piperazine rings is 1. The van der Waals surface area contributed by atoms with Gasteiger partial charge in [-0.1, -0.05) is 12.1 Å². The van der Waals surface area contributed by atoms with Crippen LogP contribution in [0.25, 0.3) is 17.2 Å². The number of methoxy groups -OCH3 is 2. The number of carbonyl (C=O) groups is 2. The molecule has 5 rings (SSSR count). The summed E-state index contributed by atoms with van der Waals surface area (Å²) in [6.07, 6.45) is 3.23. The number of hydrogen-bond acceptors (Lipinski definition) is 7. The lowest BCUT2D eigenvalue weighted by Gasteiger charge is -2.31. The summed E-state index contributed by atoms with van der Waals surface area (Å²) in [5.41, 5.74) is 5.41. The van der Waals surface area contributed by atoms with Gasteiger partial charge in [0, 0.05) is 32.4 Å². The van der Waals surface area contributed by atoms with Gasteiger partial charge in [-0.25, -0.2) is 9.18 Å². The molecule has 10 heteroatoms. The van der Waals surface area contributed by atoms with Gasteiger partial charge in [-0.15, -0.1) is 0 Å². The van der Waals surface area contributed by atoms with Crippen molar-refractivity contribution in [2.75, 3.05) is 47.4 Å². The molecular weight excluding hydrogens is 551 g/mol. The summed E-state index contributed by atoms with van der Waals surface area (Å²) < 4.78 is 31.4. The number of pyridine rings is 1. The van der Waals surface area contributed by atoms with Crippen molar-refractivity contribution in [3.8, 4) is 17.2 Å². The molecule has 2 heterocycles. The van der Waals surface area contributed by atoms with E-state index in [9.17, 15) is 14.0 Å². The molecule has 9 nitrogen and oxygen atoms in total. The fraction of sp³-hybridized carbons (Fsp3) is 0.303. The second kappa shape index (κ2) is 13.1. The molecule has 0 radical (unpaired) electrons. The fourth-order valence-corrected chi connectivity index (χ4v) is 5.29. The van der Waals surface area contributed by atoms with Crippen molar-refractivity contribution in [3.63, 3.8) is 0 Å². The highest BCUT2D eigenvalue weighted by molar-refractivity contribution is 6.08. The second-order valence-electron chi connectivity index (χ2n) is 10.5. The molecule has 1 N–H and O–H groups in total. The van der Waals surface area contributed by atoms with Gasteiger partial charge in [0.15, 0.2) is 11.5 Å². The van der Waals surface area contributed by atoms with E-state index >= 15 is 0 Å². The third-order valence-corrected chi connectivity index (χ3v) is 7.73. The molecule has 0 bridgehead atoms. The van der Waals surface area contributed by atoms with Crippen LogP contribution >= 0.6 is 0 Å². The van der Waals surface area contributed by atoms with Crippen LogP contribution in [0.1, 0.15) is 35.7 Å². The van der Waals surface area contributed by atoms with Crippen LogP contribution in [0.15, 0.2) is 60.3 Å². The molecule has 0 spiro atoms. The zero-order valence-electron chi connectivity index (χ0n) is 24.8. The number of hydrogen-bond donors (Lipinski definition) is 1. The average Bonchev–Trinajstić information content (AvgIpc) is 3.26. The Morgan fingerprint density at radius 1 is 1.00 bits per heavy atom. The van der Waals surface area contributed by atoms with Crippen molar-refractivity contribution >= 4 is 29.2 Å². The van der Waals surface area contributed by atoms with Gasteiger partial charge in [0.1, 0.15) is 5.82 Å². The maximum Gasteiger partial charge on any atom is 0.415 e. The number of likely N-dealkylation sites (N-methyl/N-ethyl adjacent to an activating group) is 1. The summed E-state index contributed by atoms with van der Waals surface area (Å²) in [6.45, 7) is 4.89. The smallest absolute Gasteiger partial charge is 0.415 e. The maximum atomic E-state index is 14.4. The molecule has 2 aliphatic rings. The SMILES string of the molecule is COc1cc(/C=C2/C(C)=C(CC(=O)NCc3ccccn3)c3cc(F)ccc32)cc(OC)c1OC(=O)N1CCN(C)CC1.